The van der Waals surface area contributed by atoms with E-state index in [2.05, 4.69) is 39.1 Å². The van der Waals surface area contributed by atoms with Gasteiger partial charge >= 0.3 is 0 Å². The molecule has 2 aromatic heterocycles. The molecule has 2 N–H and O–H groups in total. The van der Waals surface area contributed by atoms with Crippen LogP contribution in [0, 0.1) is 0 Å². The van der Waals surface area contributed by atoms with Gasteiger partial charge in [-0.3, -0.25) is 0 Å². The molecule has 0 saturated heterocycles. The third-order valence-electron chi connectivity index (χ3n) is 4.69. The SMILES string of the molecule is CCOc1ccc(-c2nc(N)c3ccc(-c4ccc(N(C)C)cc4)nc3n2)cc1. The topological polar surface area (TPSA) is 77.2 Å². The molecule has 4 aromatic rings. The molecular formula is C23H23N5O. The summed E-state index contributed by atoms with van der Waals surface area (Å²) < 4.78 is 5.50. The Bertz CT molecular complexity index is 1140. The molecule has 0 aliphatic carbocycles. The Labute approximate surface area is 170 Å². The molecule has 0 bridgehead atoms. The fraction of sp³-hybridized carbons (Fsp3) is 0.174. The molecular weight excluding hydrogens is 362 g/mol. The molecule has 0 radical (unpaired) electrons. The first-order valence-corrected chi connectivity index (χ1v) is 9.50. The fourth-order valence-electron chi connectivity index (χ4n) is 3.12. The lowest BCUT2D eigenvalue weighted by molar-refractivity contribution is 0.340. The van der Waals surface area contributed by atoms with Crippen molar-refractivity contribution in [2.75, 3.05) is 31.3 Å². The summed E-state index contributed by atoms with van der Waals surface area (Å²) in [5.74, 6) is 1.78. The first-order chi connectivity index (χ1) is 14.0. The lowest BCUT2D eigenvalue weighted by Gasteiger charge is -2.12. The van der Waals surface area contributed by atoms with Crippen molar-refractivity contribution >= 4 is 22.5 Å². The van der Waals surface area contributed by atoms with Crippen LogP contribution in [-0.2, 0) is 0 Å². The molecule has 146 valence electrons. The van der Waals surface area contributed by atoms with E-state index in [-0.39, 0.29) is 0 Å². The van der Waals surface area contributed by atoms with Crippen molar-refractivity contribution in [3.8, 4) is 28.4 Å². The molecule has 6 nitrogen and oxygen atoms in total. The van der Waals surface area contributed by atoms with E-state index in [0.29, 0.717) is 23.9 Å². The number of nitrogens with two attached hydrogens (primary N) is 1. The monoisotopic (exact) mass is 385 g/mol. The zero-order valence-corrected chi connectivity index (χ0v) is 16.8. The van der Waals surface area contributed by atoms with E-state index in [0.717, 1.165) is 33.6 Å². The van der Waals surface area contributed by atoms with E-state index in [1.807, 2.05) is 57.4 Å². The van der Waals surface area contributed by atoms with Crippen molar-refractivity contribution in [2.24, 2.45) is 0 Å². The van der Waals surface area contributed by atoms with Gasteiger partial charge in [-0.15, -0.1) is 0 Å². The number of benzene rings is 2. The van der Waals surface area contributed by atoms with E-state index >= 15 is 0 Å². The van der Waals surface area contributed by atoms with Crippen LogP contribution in [0.3, 0.4) is 0 Å². The summed E-state index contributed by atoms with van der Waals surface area (Å²) in [5, 5.41) is 0.744. The van der Waals surface area contributed by atoms with E-state index in [1.54, 1.807) is 0 Å². The van der Waals surface area contributed by atoms with Gasteiger partial charge < -0.3 is 15.4 Å². The summed E-state index contributed by atoms with van der Waals surface area (Å²) in [4.78, 5) is 15.9. The molecule has 2 heterocycles. The van der Waals surface area contributed by atoms with Gasteiger partial charge in [0.1, 0.15) is 11.6 Å². The standard InChI is InChI=1S/C23H23N5O/c1-4-29-18-11-7-16(8-12-18)22-26-21(24)19-13-14-20(25-23(19)27-22)15-5-9-17(10-6-15)28(2)3/h5-14H,4H2,1-3H3,(H2,24,25,26,27). The molecule has 6 heteroatoms. The Morgan fingerprint density at radius 3 is 2.17 bits per heavy atom. The van der Waals surface area contributed by atoms with Gasteiger partial charge in [0.2, 0.25) is 0 Å². The van der Waals surface area contributed by atoms with Crippen molar-refractivity contribution in [2.45, 2.75) is 6.92 Å². The predicted molar refractivity (Wildman–Crippen MR) is 118 cm³/mol. The molecule has 2 aromatic carbocycles. The van der Waals surface area contributed by atoms with Gasteiger partial charge in [-0.25, -0.2) is 15.0 Å². The molecule has 0 amide bonds. The Hall–Kier alpha value is -3.67. The third kappa shape index (κ3) is 3.82. The molecule has 0 aliphatic heterocycles. The van der Waals surface area contributed by atoms with Crippen LogP contribution in [0.15, 0.2) is 60.7 Å². The van der Waals surface area contributed by atoms with Gasteiger partial charge in [-0.05, 0) is 55.5 Å². The largest absolute Gasteiger partial charge is 0.494 e. The number of pyridine rings is 1. The number of nitrogens with zero attached hydrogens (tertiary/aromatic N) is 4. The van der Waals surface area contributed by atoms with Crippen LogP contribution < -0.4 is 15.4 Å². The Morgan fingerprint density at radius 2 is 1.52 bits per heavy atom. The predicted octanol–water partition coefficient (Wildman–Crippen LogP) is 4.41. The molecule has 29 heavy (non-hydrogen) atoms. The van der Waals surface area contributed by atoms with Crippen LogP contribution in [0.2, 0.25) is 0 Å². The number of hydrogen-bond donors (Lipinski definition) is 1. The second-order valence-electron chi connectivity index (χ2n) is 6.90. The average Bonchev–Trinajstić information content (AvgIpc) is 2.74. The van der Waals surface area contributed by atoms with E-state index in [9.17, 15) is 0 Å². The fourth-order valence-corrected chi connectivity index (χ4v) is 3.12. The maximum atomic E-state index is 6.19. The second kappa shape index (κ2) is 7.75. The van der Waals surface area contributed by atoms with Gasteiger partial charge in [0.05, 0.1) is 17.7 Å². The molecule has 0 unspecified atom stereocenters. The summed E-state index contributed by atoms with van der Waals surface area (Å²) in [6, 6.07) is 19.8. The number of aromatic nitrogens is 3. The number of nitrogen functional groups attached to an aromatic ring is 1. The minimum atomic E-state index is 0.417. The summed E-state index contributed by atoms with van der Waals surface area (Å²) in [5.41, 5.74) is 10.6. The summed E-state index contributed by atoms with van der Waals surface area (Å²) >= 11 is 0. The van der Waals surface area contributed by atoms with Crippen molar-refractivity contribution in [1.82, 2.24) is 15.0 Å². The van der Waals surface area contributed by atoms with Crippen LogP contribution in [0.1, 0.15) is 6.92 Å². The number of fused-ring (bicyclic) bond motifs is 1. The highest BCUT2D eigenvalue weighted by Crippen LogP contribution is 2.27. The second-order valence-corrected chi connectivity index (χ2v) is 6.90. The van der Waals surface area contributed by atoms with Crippen molar-refractivity contribution in [1.29, 1.82) is 0 Å². The molecule has 0 aliphatic rings. The third-order valence-corrected chi connectivity index (χ3v) is 4.69. The zero-order valence-electron chi connectivity index (χ0n) is 16.8. The summed E-state index contributed by atoms with van der Waals surface area (Å²) in [6.07, 6.45) is 0. The zero-order chi connectivity index (χ0) is 20.4. The number of anilines is 2. The lowest BCUT2D eigenvalue weighted by Crippen LogP contribution is -2.07. The van der Waals surface area contributed by atoms with Gasteiger partial charge in [0, 0.05) is 30.9 Å². The van der Waals surface area contributed by atoms with Crippen molar-refractivity contribution in [3.63, 3.8) is 0 Å². The maximum Gasteiger partial charge on any atom is 0.165 e. The highest BCUT2D eigenvalue weighted by molar-refractivity contribution is 5.88. The molecule has 0 fully saturated rings. The average molecular weight is 385 g/mol. The van der Waals surface area contributed by atoms with E-state index in [1.165, 1.54) is 0 Å². The minimum absolute atomic E-state index is 0.417. The number of hydrogen-bond acceptors (Lipinski definition) is 6. The highest BCUT2D eigenvalue weighted by Gasteiger charge is 2.11. The Balaban J connectivity index is 1.73. The van der Waals surface area contributed by atoms with Crippen LogP contribution in [0.4, 0.5) is 11.5 Å². The Kier molecular flexibility index (Phi) is 4.99. The van der Waals surface area contributed by atoms with Crippen LogP contribution >= 0.6 is 0 Å². The molecule has 0 saturated carbocycles. The van der Waals surface area contributed by atoms with Crippen LogP contribution in [-0.4, -0.2) is 35.7 Å². The van der Waals surface area contributed by atoms with E-state index in [4.69, 9.17) is 15.5 Å². The molecule has 0 atom stereocenters. The van der Waals surface area contributed by atoms with Crippen LogP contribution in [0.25, 0.3) is 33.7 Å². The summed E-state index contributed by atoms with van der Waals surface area (Å²) in [7, 11) is 4.04. The van der Waals surface area contributed by atoms with Gasteiger partial charge in [-0.2, -0.15) is 0 Å². The van der Waals surface area contributed by atoms with Crippen LogP contribution in [0.5, 0.6) is 5.75 Å². The maximum absolute atomic E-state index is 6.19. The van der Waals surface area contributed by atoms with Crippen molar-refractivity contribution in [3.05, 3.63) is 60.7 Å². The highest BCUT2D eigenvalue weighted by atomic mass is 16.5. The van der Waals surface area contributed by atoms with E-state index < -0.39 is 0 Å². The normalized spacial score (nSPS) is 10.9. The quantitative estimate of drug-likeness (QED) is 0.548. The number of ether oxygens (including phenoxy) is 1. The number of rotatable bonds is 5. The van der Waals surface area contributed by atoms with Gasteiger partial charge in [0.25, 0.3) is 0 Å². The lowest BCUT2D eigenvalue weighted by atomic mass is 10.1. The minimum Gasteiger partial charge on any atom is -0.494 e. The molecule has 4 rings (SSSR count). The molecule has 0 spiro atoms. The summed E-state index contributed by atoms with van der Waals surface area (Å²) in [6.45, 7) is 2.58. The first-order valence-electron chi connectivity index (χ1n) is 9.50. The Morgan fingerprint density at radius 1 is 0.828 bits per heavy atom. The van der Waals surface area contributed by atoms with Gasteiger partial charge in [-0.1, -0.05) is 12.1 Å². The first kappa shape index (κ1) is 18.7. The van der Waals surface area contributed by atoms with Crippen molar-refractivity contribution < 1.29 is 4.74 Å². The smallest absolute Gasteiger partial charge is 0.165 e. The van der Waals surface area contributed by atoms with Gasteiger partial charge in [0.15, 0.2) is 11.5 Å².